The first-order valence-electron chi connectivity index (χ1n) is 6.63. The first-order valence-corrected chi connectivity index (χ1v) is 6.63. The third kappa shape index (κ3) is 3.84. The van der Waals surface area contributed by atoms with Crippen LogP contribution in [0.3, 0.4) is 0 Å². The molecule has 1 aliphatic heterocycles. The van der Waals surface area contributed by atoms with E-state index in [0.717, 1.165) is 44.5 Å². The van der Waals surface area contributed by atoms with Crippen LogP contribution in [0.4, 0.5) is 0 Å². The SMILES string of the molecule is Cc1[nH]ncc1CCCNC(=O)CC1CCCO1. The maximum atomic E-state index is 11.6. The molecule has 0 spiro atoms. The number of rotatable bonds is 6. The van der Waals surface area contributed by atoms with Gasteiger partial charge >= 0.3 is 0 Å². The van der Waals surface area contributed by atoms with Crippen molar-refractivity contribution >= 4 is 5.91 Å². The summed E-state index contributed by atoms with van der Waals surface area (Å²) in [6, 6.07) is 0. The van der Waals surface area contributed by atoms with Crippen molar-refractivity contribution in [1.29, 1.82) is 0 Å². The molecule has 0 saturated carbocycles. The molecule has 5 heteroatoms. The van der Waals surface area contributed by atoms with Crippen molar-refractivity contribution in [3.63, 3.8) is 0 Å². The van der Waals surface area contributed by atoms with Crippen molar-refractivity contribution in [2.45, 2.75) is 45.1 Å². The lowest BCUT2D eigenvalue weighted by molar-refractivity contribution is -0.123. The fraction of sp³-hybridized carbons (Fsp3) is 0.692. The van der Waals surface area contributed by atoms with Crippen LogP contribution in [0.15, 0.2) is 6.20 Å². The number of hydrogen-bond acceptors (Lipinski definition) is 3. The minimum Gasteiger partial charge on any atom is -0.378 e. The van der Waals surface area contributed by atoms with Crippen LogP contribution >= 0.6 is 0 Å². The number of aryl methyl sites for hydroxylation is 2. The van der Waals surface area contributed by atoms with Crippen molar-refractivity contribution < 1.29 is 9.53 Å². The Kier molecular flexibility index (Phi) is 4.75. The Labute approximate surface area is 107 Å². The molecule has 1 saturated heterocycles. The molecular weight excluding hydrogens is 230 g/mol. The number of hydrogen-bond donors (Lipinski definition) is 2. The van der Waals surface area contributed by atoms with Gasteiger partial charge in [0.05, 0.1) is 18.7 Å². The summed E-state index contributed by atoms with van der Waals surface area (Å²) in [5.74, 6) is 0.103. The minimum absolute atomic E-state index is 0.103. The summed E-state index contributed by atoms with van der Waals surface area (Å²) in [6.07, 6.45) is 6.48. The molecule has 100 valence electrons. The summed E-state index contributed by atoms with van der Waals surface area (Å²) < 4.78 is 5.43. The van der Waals surface area contributed by atoms with E-state index in [1.165, 1.54) is 5.56 Å². The molecular formula is C13H21N3O2. The van der Waals surface area contributed by atoms with Gasteiger partial charge in [-0.3, -0.25) is 9.89 Å². The minimum atomic E-state index is 0.103. The molecule has 0 radical (unpaired) electrons. The van der Waals surface area contributed by atoms with E-state index in [-0.39, 0.29) is 12.0 Å². The van der Waals surface area contributed by atoms with Crippen LogP contribution in [0.5, 0.6) is 0 Å². The second kappa shape index (κ2) is 6.54. The molecule has 1 aliphatic rings. The summed E-state index contributed by atoms with van der Waals surface area (Å²) in [5, 5.41) is 9.83. The van der Waals surface area contributed by atoms with E-state index in [1.807, 2.05) is 13.1 Å². The first-order chi connectivity index (χ1) is 8.75. The van der Waals surface area contributed by atoms with Gasteiger partial charge < -0.3 is 10.1 Å². The van der Waals surface area contributed by atoms with Crippen LogP contribution in [-0.2, 0) is 16.0 Å². The van der Waals surface area contributed by atoms with Gasteiger partial charge in [-0.1, -0.05) is 0 Å². The zero-order valence-electron chi connectivity index (χ0n) is 10.9. The molecule has 5 nitrogen and oxygen atoms in total. The predicted molar refractivity (Wildman–Crippen MR) is 68.2 cm³/mol. The highest BCUT2D eigenvalue weighted by molar-refractivity contribution is 5.76. The number of amides is 1. The van der Waals surface area contributed by atoms with Gasteiger partial charge in [0.2, 0.25) is 5.91 Å². The summed E-state index contributed by atoms with van der Waals surface area (Å²) in [7, 11) is 0. The quantitative estimate of drug-likeness (QED) is 0.750. The number of carbonyl (C=O) groups is 1. The van der Waals surface area contributed by atoms with Gasteiger partial charge in [-0.15, -0.1) is 0 Å². The second-order valence-electron chi connectivity index (χ2n) is 4.81. The molecule has 1 amide bonds. The average molecular weight is 251 g/mol. The molecule has 1 aromatic heterocycles. The summed E-state index contributed by atoms with van der Waals surface area (Å²) in [6.45, 7) is 3.53. The summed E-state index contributed by atoms with van der Waals surface area (Å²) >= 11 is 0. The monoisotopic (exact) mass is 251 g/mol. The molecule has 2 heterocycles. The highest BCUT2D eigenvalue weighted by atomic mass is 16.5. The van der Waals surface area contributed by atoms with Gasteiger partial charge in [0.1, 0.15) is 0 Å². The molecule has 2 N–H and O–H groups in total. The summed E-state index contributed by atoms with van der Waals surface area (Å²) in [5.41, 5.74) is 2.34. The van der Waals surface area contributed by atoms with Crippen LogP contribution < -0.4 is 5.32 Å². The van der Waals surface area contributed by atoms with Crippen LogP contribution in [-0.4, -0.2) is 35.4 Å². The van der Waals surface area contributed by atoms with Crippen molar-refractivity contribution in [1.82, 2.24) is 15.5 Å². The molecule has 2 rings (SSSR count). The third-order valence-corrected chi connectivity index (χ3v) is 3.32. The smallest absolute Gasteiger partial charge is 0.222 e. The normalized spacial score (nSPS) is 19.1. The number of carbonyl (C=O) groups excluding carboxylic acids is 1. The van der Waals surface area contributed by atoms with Gasteiger partial charge in [-0.05, 0) is 38.2 Å². The lowest BCUT2D eigenvalue weighted by atomic mass is 10.1. The zero-order valence-corrected chi connectivity index (χ0v) is 10.9. The second-order valence-corrected chi connectivity index (χ2v) is 4.81. The van der Waals surface area contributed by atoms with Crippen molar-refractivity contribution in [3.05, 3.63) is 17.5 Å². The highest BCUT2D eigenvalue weighted by Gasteiger charge is 2.18. The fourth-order valence-electron chi connectivity index (χ4n) is 2.22. The predicted octanol–water partition coefficient (Wildman–Crippen LogP) is 1.34. The highest BCUT2D eigenvalue weighted by Crippen LogP contribution is 2.14. The number of nitrogens with zero attached hydrogens (tertiary/aromatic N) is 1. The molecule has 0 bridgehead atoms. The number of aromatic nitrogens is 2. The fourth-order valence-corrected chi connectivity index (χ4v) is 2.22. The lowest BCUT2D eigenvalue weighted by Crippen LogP contribution is -2.28. The Morgan fingerprint density at radius 2 is 2.56 bits per heavy atom. The third-order valence-electron chi connectivity index (χ3n) is 3.32. The Hall–Kier alpha value is -1.36. The molecule has 0 aliphatic carbocycles. The van der Waals surface area contributed by atoms with Gasteiger partial charge in [-0.2, -0.15) is 5.10 Å². The number of ether oxygens (including phenoxy) is 1. The average Bonchev–Trinajstić information content (AvgIpc) is 2.97. The number of aromatic amines is 1. The number of H-pyrrole nitrogens is 1. The van der Waals surface area contributed by atoms with E-state index in [1.54, 1.807) is 0 Å². The van der Waals surface area contributed by atoms with E-state index < -0.39 is 0 Å². The van der Waals surface area contributed by atoms with Crippen LogP contribution in [0.2, 0.25) is 0 Å². The van der Waals surface area contributed by atoms with Gasteiger partial charge in [-0.25, -0.2) is 0 Å². The Balaban J connectivity index is 1.57. The van der Waals surface area contributed by atoms with Crippen LogP contribution in [0.25, 0.3) is 0 Å². The summed E-state index contributed by atoms with van der Waals surface area (Å²) in [4.78, 5) is 11.6. The standard InChI is InChI=1S/C13H21N3O2/c1-10-11(9-15-16-10)4-2-6-14-13(17)8-12-5-3-7-18-12/h9,12H,2-8H2,1H3,(H,14,17)(H,15,16). The molecule has 1 unspecified atom stereocenters. The molecule has 1 fully saturated rings. The zero-order chi connectivity index (χ0) is 12.8. The largest absolute Gasteiger partial charge is 0.378 e. The van der Waals surface area contributed by atoms with E-state index in [9.17, 15) is 4.79 Å². The Morgan fingerprint density at radius 3 is 3.22 bits per heavy atom. The first kappa shape index (κ1) is 13.1. The van der Waals surface area contributed by atoms with E-state index in [4.69, 9.17) is 4.74 Å². The van der Waals surface area contributed by atoms with Gasteiger partial charge in [0.25, 0.3) is 0 Å². The van der Waals surface area contributed by atoms with Crippen molar-refractivity contribution in [3.8, 4) is 0 Å². The van der Waals surface area contributed by atoms with Crippen LogP contribution in [0, 0.1) is 6.92 Å². The Bertz CT molecular complexity index is 383. The van der Waals surface area contributed by atoms with E-state index >= 15 is 0 Å². The van der Waals surface area contributed by atoms with E-state index in [2.05, 4.69) is 15.5 Å². The maximum Gasteiger partial charge on any atom is 0.222 e. The molecule has 1 atom stereocenters. The molecule has 18 heavy (non-hydrogen) atoms. The molecule has 1 aromatic rings. The van der Waals surface area contributed by atoms with Gasteiger partial charge in [0.15, 0.2) is 0 Å². The lowest BCUT2D eigenvalue weighted by Gasteiger charge is -2.09. The van der Waals surface area contributed by atoms with Crippen LogP contribution in [0.1, 0.15) is 36.9 Å². The van der Waals surface area contributed by atoms with Gasteiger partial charge in [0, 0.05) is 18.8 Å². The van der Waals surface area contributed by atoms with E-state index in [0.29, 0.717) is 6.42 Å². The van der Waals surface area contributed by atoms with Crippen molar-refractivity contribution in [2.24, 2.45) is 0 Å². The topological polar surface area (TPSA) is 67.0 Å². The molecule has 0 aromatic carbocycles. The number of nitrogens with one attached hydrogen (secondary N) is 2. The van der Waals surface area contributed by atoms with Crippen molar-refractivity contribution in [2.75, 3.05) is 13.2 Å². The maximum absolute atomic E-state index is 11.6. The Morgan fingerprint density at radius 1 is 1.67 bits per heavy atom.